The molecule has 0 spiro atoms. The third-order valence-electron chi connectivity index (χ3n) is 1.99. The van der Waals surface area contributed by atoms with Crippen LogP contribution in [0.3, 0.4) is 0 Å². The smallest absolute Gasteiger partial charge is 0.118 e. The summed E-state index contributed by atoms with van der Waals surface area (Å²) in [5.74, 6) is 0.792. The number of benzene rings is 1. The molecule has 0 aliphatic heterocycles. The Morgan fingerprint density at radius 2 is 2.14 bits per heavy atom. The van der Waals surface area contributed by atoms with Crippen molar-refractivity contribution in [3.8, 4) is 5.75 Å². The molecule has 0 radical (unpaired) electrons. The average Bonchev–Trinajstić information content (AvgIpc) is 2.26. The van der Waals surface area contributed by atoms with Crippen molar-refractivity contribution in [1.82, 2.24) is 0 Å². The molecular weight excluding hydrogens is 176 g/mol. The Hall–Kier alpha value is -1.50. The molecule has 0 unspecified atom stereocenters. The lowest BCUT2D eigenvalue weighted by Gasteiger charge is -2.08. The topological polar surface area (TPSA) is 29.5 Å². The van der Waals surface area contributed by atoms with Crippen LogP contribution in [0.2, 0.25) is 0 Å². The molecule has 14 heavy (non-hydrogen) atoms. The molecule has 0 amide bonds. The molecule has 1 aromatic carbocycles. The van der Waals surface area contributed by atoms with E-state index in [1.165, 1.54) is 0 Å². The largest absolute Gasteiger partial charge is 0.497 e. The number of aliphatic hydroxyl groups excluding tert-OH is 1. The zero-order chi connectivity index (χ0) is 10.4. The normalized spacial score (nSPS) is 11.6. The first-order valence-corrected chi connectivity index (χ1v) is 4.44. The second-order valence-electron chi connectivity index (χ2n) is 2.93. The first-order chi connectivity index (χ1) is 6.77. The average molecular weight is 190 g/mol. The highest BCUT2D eigenvalue weighted by Gasteiger charge is 2.04. The predicted octanol–water partition coefficient (Wildman–Crippen LogP) is 2.46. The van der Waals surface area contributed by atoms with Crippen molar-refractivity contribution >= 4 is 0 Å². The summed E-state index contributed by atoms with van der Waals surface area (Å²) in [5, 5.41) is 9.68. The van der Waals surface area contributed by atoms with Gasteiger partial charge in [-0.05, 0) is 23.8 Å². The Morgan fingerprint density at radius 1 is 1.50 bits per heavy atom. The van der Waals surface area contributed by atoms with Crippen molar-refractivity contribution in [3.05, 3.63) is 48.2 Å². The van der Waals surface area contributed by atoms with Crippen LogP contribution in [0.15, 0.2) is 42.7 Å². The maximum absolute atomic E-state index is 9.68. The maximum Gasteiger partial charge on any atom is 0.118 e. The number of ether oxygens (including phenoxy) is 1. The number of hydrogen-bond acceptors (Lipinski definition) is 2. The van der Waals surface area contributed by atoms with E-state index < -0.39 is 6.10 Å². The zero-order valence-corrected chi connectivity index (χ0v) is 8.23. The van der Waals surface area contributed by atoms with E-state index >= 15 is 0 Å². The van der Waals surface area contributed by atoms with Crippen molar-refractivity contribution in [3.63, 3.8) is 0 Å². The highest BCUT2D eigenvalue weighted by atomic mass is 16.5. The van der Waals surface area contributed by atoms with Crippen LogP contribution < -0.4 is 4.74 Å². The Balaban J connectivity index is 2.70. The minimum atomic E-state index is -0.491. The first-order valence-electron chi connectivity index (χ1n) is 4.44. The molecule has 0 aliphatic rings. The fourth-order valence-corrected chi connectivity index (χ4v) is 1.16. The van der Waals surface area contributed by atoms with E-state index in [4.69, 9.17) is 4.74 Å². The highest BCUT2D eigenvalue weighted by molar-refractivity contribution is 5.28. The van der Waals surface area contributed by atoms with E-state index in [2.05, 4.69) is 12.3 Å². The summed E-state index contributed by atoms with van der Waals surface area (Å²) in [6, 6.07) is 7.35. The molecular formula is C12H14O2. The number of methoxy groups -OCH3 is 1. The van der Waals surface area contributed by atoms with Crippen molar-refractivity contribution in [2.75, 3.05) is 7.11 Å². The lowest BCUT2D eigenvalue weighted by molar-refractivity contribution is 0.181. The fraction of sp³-hybridized carbons (Fsp3) is 0.250. The SMILES string of the molecule is C=C=CC[C@@H](O)c1ccc(OC)cc1. The minimum Gasteiger partial charge on any atom is -0.497 e. The van der Waals surface area contributed by atoms with Gasteiger partial charge in [-0.25, -0.2) is 0 Å². The van der Waals surface area contributed by atoms with Gasteiger partial charge in [0.1, 0.15) is 5.75 Å². The second-order valence-corrected chi connectivity index (χ2v) is 2.93. The summed E-state index contributed by atoms with van der Waals surface area (Å²) >= 11 is 0. The van der Waals surface area contributed by atoms with Crippen LogP contribution in [-0.2, 0) is 0 Å². The summed E-state index contributed by atoms with van der Waals surface area (Å²) in [5.41, 5.74) is 3.50. The maximum atomic E-state index is 9.68. The van der Waals surface area contributed by atoms with E-state index in [-0.39, 0.29) is 0 Å². The van der Waals surface area contributed by atoms with Crippen molar-refractivity contribution in [2.45, 2.75) is 12.5 Å². The van der Waals surface area contributed by atoms with Gasteiger partial charge in [-0.1, -0.05) is 18.7 Å². The fourth-order valence-electron chi connectivity index (χ4n) is 1.16. The van der Waals surface area contributed by atoms with Gasteiger partial charge in [-0.2, -0.15) is 0 Å². The summed E-state index contributed by atoms with van der Waals surface area (Å²) in [7, 11) is 1.62. The van der Waals surface area contributed by atoms with Crippen LogP contribution in [-0.4, -0.2) is 12.2 Å². The van der Waals surface area contributed by atoms with Crippen LogP contribution in [0.1, 0.15) is 18.1 Å². The van der Waals surface area contributed by atoms with Crippen LogP contribution in [0.25, 0.3) is 0 Å². The summed E-state index contributed by atoms with van der Waals surface area (Å²) in [4.78, 5) is 0. The Labute approximate surface area is 84.1 Å². The molecule has 1 atom stereocenters. The molecule has 0 fully saturated rings. The minimum absolute atomic E-state index is 0.491. The van der Waals surface area contributed by atoms with Crippen LogP contribution >= 0.6 is 0 Å². The van der Waals surface area contributed by atoms with Gasteiger partial charge in [-0.3, -0.25) is 0 Å². The van der Waals surface area contributed by atoms with Crippen molar-refractivity contribution in [2.24, 2.45) is 0 Å². The summed E-state index contributed by atoms with van der Waals surface area (Å²) in [6.07, 6.45) is 1.76. The molecule has 0 aromatic heterocycles. The van der Waals surface area contributed by atoms with Crippen LogP contribution in [0, 0.1) is 0 Å². The third-order valence-corrected chi connectivity index (χ3v) is 1.99. The molecule has 1 rings (SSSR count). The predicted molar refractivity (Wildman–Crippen MR) is 56.3 cm³/mol. The molecule has 0 aliphatic carbocycles. The molecule has 1 aromatic rings. The Morgan fingerprint density at radius 3 is 2.64 bits per heavy atom. The van der Waals surface area contributed by atoms with E-state index in [1.807, 2.05) is 24.3 Å². The van der Waals surface area contributed by atoms with E-state index in [9.17, 15) is 5.11 Å². The van der Waals surface area contributed by atoms with Gasteiger partial charge >= 0.3 is 0 Å². The quantitative estimate of drug-likeness (QED) is 0.739. The van der Waals surface area contributed by atoms with Gasteiger partial charge in [0, 0.05) is 6.42 Å². The molecule has 0 saturated heterocycles. The molecule has 74 valence electrons. The highest BCUT2D eigenvalue weighted by Crippen LogP contribution is 2.19. The van der Waals surface area contributed by atoms with Crippen LogP contribution in [0.4, 0.5) is 0 Å². The van der Waals surface area contributed by atoms with Gasteiger partial charge < -0.3 is 9.84 Å². The Kier molecular flexibility index (Phi) is 3.99. The van der Waals surface area contributed by atoms with Gasteiger partial charge in [0.05, 0.1) is 13.2 Å². The van der Waals surface area contributed by atoms with E-state index in [0.29, 0.717) is 6.42 Å². The molecule has 2 heteroatoms. The van der Waals surface area contributed by atoms with Gasteiger partial charge in [0.25, 0.3) is 0 Å². The molecule has 2 nitrogen and oxygen atoms in total. The lowest BCUT2D eigenvalue weighted by atomic mass is 10.1. The van der Waals surface area contributed by atoms with Gasteiger partial charge in [-0.15, -0.1) is 5.73 Å². The zero-order valence-electron chi connectivity index (χ0n) is 8.23. The standard InChI is InChI=1S/C12H14O2/c1-3-4-5-12(13)10-6-8-11(14-2)9-7-10/h4,6-9,12-13H,1,5H2,2H3/t12-/m1/s1. The Bertz CT molecular complexity index is 321. The van der Waals surface area contributed by atoms with Crippen LogP contribution in [0.5, 0.6) is 5.75 Å². The summed E-state index contributed by atoms with van der Waals surface area (Å²) < 4.78 is 5.02. The van der Waals surface area contributed by atoms with Crippen molar-refractivity contribution < 1.29 is 9.84 Å². The number of aliphatic hydroxyl groups is 1. The monoisotopic (exact) mass is 190 g/mol. The van der Waals surface area contributed by atoms with E-state index in [0.717, 1.165) is 11.3 Å². The molecule has 0 bridgehead atoms. The first kappa shape index (κ1) is 10.6. The van der Waals surface area contributed by atoms with Crippen molar-refractivity contribution in [1.29, 1.82) is 0 Å². The second kappa shape index (κ2) is 5.28. The molecule has 0 saturated carbocycles. The van der Waals surface area contributed by atoms with Gasteiger partial charge in [0.2, 0.25) is 0 Å². The van der Waals surface area contributed by atoms with Gasteiger partial charge in [0.15, 0.2) is 0 Å². The lowest BCUT2D eigenvalue weighted by Crippen LogP contribution is -1.95. The number of rotatable bonds is 4. The number of hydrogen-bond donors (Lipinski definition) is 1. The molecule has 1 N–H and O–H groups in total. The third kappa shape index (κ3) is 2.77. The molecule has 0 heterocycles. The van der Waals surface area contributed by atoms with E-state index in [1.54, 1.807) is 13.2 Å². The summed E-state index contributed by atoms with van der Waals surface area (Å²) in [6.45, 7) is 3.44.